The molecular formula is C43H88. The summed E-state index contributed by atoms with van der Waals surface area (Å²) in [4.78, 5) is 0. The highest BCUT2D eigenvalue weighted by atomic mass is 14.3. The first-order valence-corrected chi connectivity index (χ1v) is 16.5. The summed E-state index contributed by atoms with van der Waals surface area (Å²) >= 11 is 0. The van der Waals surface area contributed by atoms with Gasteiger partial charge in [-0.15, -0.1) is 0 Å². The lowest BCUT2D eigenvalue weighted by molar-refractivity contribution is 0.235. The van der Waals surface area contributed by atoms with Crippen molar-refractivity contribution in [2.45, 2.75) is 173 Å². The van der Waals surface area contributed by atoms with E-state index in [1.165, 1.54) is 49.3 Å². The van der Waals surface area contributed by atoms with Gasteiger partial charge in [-0.3, -0.25) is 0 Å². The van der Waals surface area contributed by atoms with E-state index < -0.39 is 0 Å². The van der Waals surface area contributed by atoms with Crippen molar-refractivity contribution in [3.8, 4) is 0 Å². The largest absolute Gasteiger partial charge is 0.0876 e. The van der Waals surface area contributed by atoms with Crippen LogP contribution in [-0.2, 0) is 12.8 Å². The number of benzene rings is 2. The highest BCUT2D eigenvalue weighted by Gasteiger charge is 2.22. The van der Waals surface area contributed by atoms with Gasteiger partial charge < -0.3 is 0 Å². The molecule has 43 heavy (non-hydrogen) atoms. The molecule has 2 aromatic rings. The van der Waals surface area contributed by atoms with Gasteiger partial charge >= 0.3 is 0 Å². The molecule has 0 saturated heterocycles. The van der Waals surface area contributed by atoms with Gasteiger partial charge in [0.05, 0.1) is 0 Å². The van der Waals surface area contributed by atoms with E-state index in [2.05, 4.69) is 90.1 Å². The Morgan fingerprint density at radius 1 is 0.535 bits per heavy atom. The molecule has 1 fully saturated rings. The topological polar surface area (TPSA) is 0 Å². The summed E-state index contributed by atoms with van der Waals surface area (Å²) < 4.78 is 0. The minimum atomic E-state index is 0. The van der Waals surface area contributed by atoms with Crippen molar-refractivity contribution in [1.29, 1.82) is 0 Å². The third-order valence-electron chi connectivity index (χ3n) is 7.72. The second-order valence-corrected chi connectivity index (χ2v) is 10.9. The Morgan fingerprint density at radius 3 is 1.09 bits per heavy atom. The SMILES string of the molecule is C.C.C.C.C.CC.CC.CC.CC.CC(C)C1C=CC1.CC(C)C1CCC1.CC(C)C1Cc2cccc3cccc(c23)C1. The molecule has 3 aliphatic rings. The Labute approximate surface area is 278 Å². The molecule has 0 bridgehead atoms. The van der Waals surface area contributed by atoms with Crippen LogP contribution in [0, 0.1) is 35.5 Å². The predicted octanol–water partition coefficient (Wildman–Crippen LogP) is 16.2. The van der Waals surface area contributed by atoms with Crippen LogP contribution in [0.3, 0.4) is 0 Å². The van der Waals surface area contributed by atoms with Gasteiger partial charge in [0.2, 0.25) is 0 Å². The Morgan fingerprint density at radius 2 is 0.907 bits per heavy atom. The molecule has 2 aromatic carbocycles. The maximum atomic E-state index is 2.35. The van der Waals surface area contributed by atoms with Gasteiger partial charge in [0.15, 0.2) is 0 Å². The van der Waals surface area contributed by atoms with Gasteiger partial charge in [-0.25, -0.2) is 0 Å². The van der Waals surface area contributed by atoms with Crippen LogP contribution in [0.15, 0.2) is 48.6 Å². The van der Waals surface area contributed by atoms with Gasteiger partial charge in [-0.1, -0.05) is 202 Å². The normalized spacial score (nSPS) is 14.8. The average molecular weight is 605 g/mol. The number of hydrogen-bond acceptors (Lipinski definition) is 0. The molecule has 260 valence electrons. The smallest absolute Gasteiger partial charge is 0.0120 e. The molecule has 1 atom stereocenters. The second-order valence-electron chi connectivity index (χ2n) is 10.9. The fraction of sp³-hybridized carbons (Fsp3) is 0.721. The van der Waals surface area contributed by atoms with Crippen LogP contribution in [0.2, 0.25) is 0 Å². The molecule has 0 amide bonds. The first kappa shape index (κ1) is 57.1. The molecule has 1 unspecified atom stereocenters. The Balaban J connectivity index is -0.0000000830. The summed E-state index contributed by atoms with van der Waals surface area (Å²) in [6.07, 6.45) is 12.9. The molecule has 0 heterocycles. The van der Waals surface area contributed by atoms with E-state index >= 15 is 0 Å². The number of allylic oxidation sites excluding steroid dienone is 2. The van der Waals surface area contributed by atoms with Crippen molar-refractivity contribution in [2.75, 3.05) is 0 Å². The van der Waals surface area contributed by atoms with Crippen LogP contribution in [-0.4, -0.2) is 0 Å². The second kappa shape index (κ2) is 34.9. The van der Waals surface area contributed by atoms with Gasteiger partial charge in [-0.05, 0) is 76.7 Å². The third-order valence-corrected chi connectivity index (χ3v) is 7.72. The predicted molar refractivity (Wildman–Crippen MR) is 213 cm³/mol. The summed E-state index contributed by atoms with van der Waals surface area (Å²) in [5.74, 6) is 5.41. The Bertz CT molecular complexity index is 778. The molecule has 3 aliphatic carbocycles. The zero-order valence-corrected chi connectivity index (χ0v) is 28.3. The minimum absolute atomic E-state index is 0. The highest BCUT2D eigenvalue weighted by Crippen LogP contribution is 2.35. The lowest BCUT2D eigenvalue weighted by atomic mass is 9.77. The summed E-state index contributed by atoms with van der Waals surface area (Å²) in [5, 5.41) is 2.94. The summed E-state index contributed by atoms with van der Waals surface area (Å²) in [6, 6.07) is 13.5. The molecule has 0 nitrogen and oxygen atoms in total. The highest BCUT2D eigenvalue weighted by molar-refractivity contribution is 5.89. The van der Waals surface area contributed by atoms with E-state index in [-0.39, 0.29) is 37.1 Å². The zero-order valence-electron chi connectivity index (χ0n) is 28.3. The van der Waals surface area contributed by atoms with E-state index in [1.807, 2.05) is 55.4 Å². The molecular weight excluding hydrogens is 516 g/mol. The van der Waals surface area contributed by atoms with E-state index in [1.54, 1.807) is 11.1 Å². The van der Waals surface area contributed by atoms with Crippen molar-refractivity contribution in [3.05, 3.63) is 59.7 Å². The van der Waals surface area contributed by atoms with E-state index in [4.69, 9.17) is 0 Å². The quantitative estimate of drug-likeness (QED) is 0.306. The van der Waals surface area contributed by atoms with E-state index in [0.29, 0.717) is 0 Å². The van der Waals surface area contributed by atoms with Crippen LogP contribution >= 0.6 is 0 Å². The fourth-order valence-electron chi connectivity index (χ4n) is 4.84. The first-order valence-electron chi connectivity index (χ1n) is 16.5. The summed E-state index contributed by atoms with van der Waals surface area (Å²) in [7, 11) is 0. The maximum absolute atomic E-state index is 2.35. The monoisotopic (exact) mass is 605 g/mol. The van der Waals surface area contributed by atoms with Gasteiger partial charge in [0.1, 0.15) is 0 Å². The van der Waals surface area contributed by atoms with Gasteiger partial charge in [0.25, 0.3) is 0 Å². The summed E-state index contributed by atoms with van der Waals surface area (Å²) in [6.45, 7) is 29.9. The van der Waals surface area contributed by atoms with Crippen molar-refractivity contribution < 1.29 is 0 Å². The van der Waals surface area contributed by atoms with Crippen LogP contribution in [0.25, 0.3) is 10.8 Å². The van der Waals surface area contributed by atoms with Crippen molar-refractivity contribution in [2.24, 2.45) is 35.5 Å². The average Bonchev–Trinajstić information content (AvgIpc) is 2.87. The molecule has 0 heteroatoms. The number of rotatable bonds is 3. The van der Waals surface area contributed by atoms with E-state index in [9.17, 15) is 0 Å². The Hall–Kier alpha value is -1.56. The molecule has 1 saturated carbocycles. The van der Waals surface area contributed by atoms with Crippen molar-refractivity contribution in [1.82, 2.24) is 0 Å². The molecule has 0 radical (unpaired) electrons. The molecule has 0 N–H and O–H groups in total. The molecule has 0 aliphatic heterocycles. The third kappa shape index (κ3) is 20.2. The van der Waals surface area contributed by atoms with Crippen LogP contribution in [0.4, 0.5) is 0 Å². The van der Waals surface area contributed by atoms with Crippen molar-refractivity contribution >= 4 is 10.8 Å². The lowest BCUT2D eigenvalue weighted by Gasteiger charge is -2.28. The fourth-order valence-corrected chi connectivity index (χ4v) is 4.84. The van der Waals surface area contributed by atoms with Crippen LogP contribution < -0.4 is 0 Å². The standard InChI is InChI=1S/C16H18.C7H14.C7H12.4C2H6.5CH4/c1-11(2)15-9-13-7-3-5-12-6-4-8-14(10-15)16(12)13;2*1-6(2)7-4-3-5-7;4*1-2;;;;;/h3-8,11,15H,9-10H2,1-2H3;6-7H,3-5H2,1-2H3;3-4,6-7H,5H2,1-2H3;4*1-2H3;5*1H4. The lowest BCUT2D eigenvalue weighted by Crippen LogP contribution is -2.19. The molecule has 0 aromatic heterocycles. The van der Waals surface area contributed by atoms with Crippen LogP contribution in [0.5, 0.6) is 0 Å². The molecule has 5 rings (SSSR count). The van der Waals surface area contributed by atoms with Crippen molar-refractivity contribution in [3.63, 3.8) is 0 Å². The van der Waals surface area contributed by atoms with Gasteiger partial charge in [0, 0.05) is 0 Å². The Kier molecular flexibility index (Phi) is 46.4. The maximum Gasteiger partial charge on any atom is -0.0120 e. The molecule has 0 spiro atoms. The zero-order chi connectivity index (χ0) is 29.7. The van der Waals surface area contributed by atoms with Gasteiger partial charge in [-0.2, -0.15) is 0 Å². The summed E-state index contributed by atoms with van der Waals surface area (Å²) in [5.41, 5.74) is 3.11. The first-order chi connectivity index (χ1) is 18.4. The minimum Gasteiger partial charge on any atom is -0.0876 e. The van der Waals surface area contributed by atoms with E-state index in [0.717, 1.165) is 35.5 Å². The number of hydrogen-bond donors (Lipinski definition) is 0. The van der Waals surface area contributed by atoms with Crippen LogP contribution in [0.1, 0.15) is 171 Å².